The van der Waals surface area contributed by atoms with Gasteiger partial charge in [-0.15, -0.1) is 0 Å². The fourth-order valence-electron chi connectivity index (χ4n) is 1.07. The van der Waals surface area contributed by atoms with Crippen LogP contribution in [0.25, 0.3) is 0 Å². The largest absolute Gasteiger partial charge is 0.288 e. The Bertz CT molecular complexity index is 324. The predicted molar refractivity (Wildman–Crippen MR) is 65.5 cm³/mol. The van der Waals surface area contributed by atoms with Gasteiger partial charge in [0.2, 0.25) is 0 Å². The molecule has 0 spiro atoms. The molecule has 13 heavy (non-hydrogen) atoms. The van der Waals surface area contributed by atoms with Crippen LogP contribution < -0.4 is 0 Å². The monoisotopic (exact) mass is 286 g/mol. The van der Waals surface area contributed by atoms with Gasteiger partial charge in [-0.25, -0.2) is 0 Å². The summed E-state index contributed by atoms with van der Waals surface area (Å²) < 4.78 is 2.00. The van der Waals surface area contributed by atoms with Crippen LogP contribution in [0, 0.1) is 0 Å². The molecular weight excluding hydrogens is 275 g/mol. The Morgan fingerprint density at radius 2 is 2.31 bits per heavy atom. The maximum absolute atomic E-state index is 4.17. The van der Waals surface area contributed by atoms with Gasteiger partial charge in [-0.05, 0) is 18.6 Å². The van der Waals surface area contributed by atoms with Crippen molar-refractivity contribution in [2.24, 2.45) is 4.99 Å². The van der Waals surface area contributed by atoms with E-state index in [1.807, 2.05) is 28.4 Å². The summed E-state index contributed by atoms with van der Waals surface area (Å²) >= 11 is 2.21. The van der Waals surface area contributed by atoms with E-state index in [1.54, 1.807) is 6.20 Å². The fourth-order valence-corrected chi connectivity index (χ4v) is 1.86. The zero-order valence-electron chi connectivity index (χ0n) is 7.50. The van der Waals surface area contributed by atoms with Gasteiger partial charge >= 0.3 is 0 Å². The van der Waals surface area contributed by atoms with Gasteiger partial charge in [0.05, 0.1) is 34.3 Å². The normalized spacial score (nSPS) is 22.3. The summed E-state index contributed by atoms with van der Waals surface area (Å²) in [5.41, 5.74) is 3.12. The molecule has 1 heterocycles. The molecule has 1 aliphatic rings. The third-order valence-corrected chi connectivity index (χ3v) is 2.53. The number of hydrogen-bond acceptors (Lipinski definition) is 2. The van der Waals surface area contributed by atoms with E-state index in [1.165, 1.54) is 0 Å². The van der Waals surface area contributed by atoms with Crippen LogP contribution in [0.3, 0.4) is 0 Å². The van der Waals surface area contributed by atoms with E-state index in [9.17, 15) is 0 Å². The Balaban J connectivity index is 3.15. The zero-order valence-corrected chi connectivity index (χ0v) is 9.65. The van der Waals surface area contributed by atoms with Crippen molar-refractivity contribution in [2.75, 3.05) is 0 Å². The fraction of sp³-hybridized carbons (Fsp3) is 0.100. The average molecular weight is 286 g/mol. The highest BCUT2D eigenvalue weighted by Gasteiger charge is 2.17. The van der Waals surface area contributed by atoms with Gasteiger partial charge in [-0.2, -0.15) is 0 Å². The Labute approximate surface area is 92.5 Å². The number of aliphatic imine (C=N–C) groups is 1. The highest BCUT2D eigenvalue weighted by molar-refractivity contribution is 14.1. The molecule has 0 unspecified atom stereocenters. The molecule has 0 aromatic rings. The van der Waals surface area contributed by atoms with Crippen molar-refractivity contribution in [3.8, 4) is 0 Å². The smallest absolute Gasteiger partial charge is 0.0890 e. The maximum atomic E-state index is 4.17. The van der Waals surface area contributed by atoms with Crippen LogP contribution in [0.2, 0.25) is 0 Å². The predicted octanol–water partition coefficient (Wildman–Crippen LogP) is 3.21. The van der Waals surface area contributed by atoms with Crippen LogP contribution in [0.4, 0.5) is 0 Å². The first-order valence-electron chi connectivity index (χ1n) is 3.86. The summed E-state index contributed by atoms with van der Waals surface area (Å²) in [6.07, 6.45) is 7.29. The van der Waals surface area contributed by atoms with Gasteiger partial charge in [0.25, 0.3) is 0 Å². The lowest BCUT2D eigenvalue weighted by Crippen LogP contribution is -2.06. The highest BCUT2D eigenvalue weighted by Crippen LogP contribution is 2.24. The number of hydrogen-bond donors (Lipinski definition) is 0. The first kappa shape index (κ1) is 10.2. The van der Waals surface area contributed by atoms with E-state index < -0.39 is 0 Å². The van der Waals surface area contributed by atoms with Crippen LogP contribution in [-0.4, -0.2) is 8.82 Å². The summed E-state index contributed by atoms with van der Waals surface area (Å²) in [7, 11) is 0. The van der Waals surface area contributed by atoms with Crippen molar-refractivity contribution >= 4 is 28.6 Å². The third-order valence-electron chi connectivity index (χ3n) is 1.73. The minimum atomic E-state index is 0.932. The second-order valence-electron chi connectivity index (χ2n) is 2.56. The molecule has 0 saturated heterocycles. The quantitative estimate of drug-likeness (QED) is 0.562. The van der Waals surface area contributed by atoms with Crippen molar-refractivity contribution in [1.29, 1.82) is 0 Å². The van der Waals surface area contributed by atoms with Gasteiger partial charge in [-0.1, -0.05) is 19.2 Å². The van der Waals surface area contributed by atoms with Crippen molar-refractivity contribution in [1.82, 2.24) is 3.11 Å². The minimum absolute atomic E-state index is 0.932. The first-order valence-corrected chi connectivity index (χ1v) is 4.82. The van der Waals surface area contributed by atoms with Crippen LogP contribution >= 0.6 is 22.9 Å². The lowest BCUT2D eigenvalue weighted by molar-refractivity contribution is 0.885. The molecule has 0 aromatic carbocycles. The van der Waals surface area contributed by atoms with E-state index in [4.69, 9.17) is 0 Å². The van der Waals surface area contributed by atoms with Crippen molar-refractivity contribution < 1.29 is 0 Å². The Hall–Kier alpha value is -0.840. The molecule has 2 nitrogen and oxygen atoms in total. The molecule has 0 aromatic heterocycles. The molecule has 0 amide bonds. The Kier molecular flexibility index (Phi) is 3.48. The minimum Gasteiger partial charge on any atom is -0.288 e. The standard InChI is InChI=1S/C10H11IN2/c1-4-8(3)10-9(12-5-2)6-7-13(10)11/h4-7H,1-2H2,3H3/b10-8+,12-9?. The molecule has 0 N–H and O–H groups in total. The van der Waals surface area contributed by atoms with Crippen molar-refractivity contribution in [3.63, 3.8) is 0 Å². The zero-order chi connectivity index (χ0) is 9.84. The molecule has 1 rings (SSSR count). The lowest BCUT2D eigenvalue weighted by atomic mass is 10.2. The maximum Gasteiger partial charge on any atom is 0.0890 e. The summed E-state index contributed by atoms with van der Waals surface area (Å²) in [6, 6.07) is 0. The van der Waals surface area contributed by atoms with Gasteiger partial charge in [0.15, 0.2) is 0 Å². The van der Waals surface area contributed by atoms with E-state index in [2.05, 4.69) is 41.0 Å². The van der Waals surface area contributed by atoms with E-state index in [-0.39, 0.29) is 0 Å². The molecule has 0 aliphatic carbocycles. The van der Waals surface area contributed by atoms with Crippen molar-refractivity contribution in [3.05, 3.63) is 49.0 Å². The molecule has 1 aliphatic heterocycles. The first-order chi connectivity index (χ1) is 6.20. The van der Waals surface area contributed by atoms with Crippen molar-refractivity contribution in [2.45, 2.75) is 6.92 Å². The molecule has 0 saturated carbocycles. The molecule has 0 bridgehead atoms. The number of halogens is 1. The van der Waals surface area contributed by atoms with Gasteiger partial charge in [-0.3, -0.25) is 8.11 Å². The summed E-state index contributed by atoms with van der Waals surface area (Å²) in [5.74, 6) is 0. The van der Waals surface area contributed by atoms with E-state index >= 15 is 0 Å². The molecule has 0 fully saturated rings. The SMILES string of the molecule is C=CN=C1C=CN(I)/C1=C(\C)C=C. The summed E-state index contributed by atoms with van der Waals surface area (Å²) in [5, 5.41) is 0. The molecule has 68 valence electrons. The topological polar surface area (TPSA) is 15.6 Å². The van der Waals surface area contributed by atoms with Crippen LogP contribution in [0.15, 0.2) is 54.0 Å². The lowest BCUT2D eigenvalue weighted by Gasteiger charge is -2.10. The summed E-state index contributed by atoms with van der Waals surface area (Å²) in [6.45, 7) is 9.33. The average Bonchev–Trinajstić information content (AvgIpc) is 2.47. The number of allylic oxidation sites excluding steroid dienone is 3. The molecule has 0 atom stereocenters. The molecular formula is C10H11IN2. The molecule has 0 radical (unpaired) electrons. The Morgan fingerprint density at radius 3 is 2.85 bits per heavy atom. The van der Waals surface area contributed by atoms with Gasteiger partial charge < -0.3 is 0 Å². The third kappa shape index (κ3) is 2.09. The van der Waals surface area contributed by atoms with Crippen LogP contribution in [0.5, 0.6) is 0 Å². The second kappa shape index (κ2) is 4.41. The number of rotatable bonds is 2. The van der Waals surface area contributed by atoms with Crippen LogP contribution in [0.1, 0.15) is 6.92 Å². The Morgan fingerprint density at radius 1 is 1.62 bits per heavy atom. The highest BCUT2D eigenvalue weighted by atomic mass is 127. The van der Waals surface area contributed by atoms with Gasteiger partial charge in [0, 0.05) is 12.4 Å². The second-order valence-corrected chi connectivity index (χ2v) is 3.60. The van der Waals surface area contributed by atoms with E-state index in [0.717, 1.165) is 17.0 Å². The number of nitrogens with zero attached hydrogens (tertiary/aromatic N) is 2. The van der Waals surface area contributed by atoms with Gasteiger partial charge in [0.1, 0.15) is 0 Å². The summed E-state index contributed by atoms with van der Waals surface area (Å²) in [4.78, 5) is 4.17. The van der Waals surface area contributed by atoms with Crippen LogP contribution in [-0.2, 0) is 0 Å². The molecule has 3 heteroatoms. The van der Waals surface area contributed by atoms with E-state index in [0.29, 0.717) is 0 Å².